The monoisotopic (exact) mass is 371 g/mol. The molecule has 0 spiro atoms. The highest BCUT2D eigenvalue weighted by Crippen LogP contribution is 2.27. The number of aromatic nitrogens is 2. The Bertz CT molecular complexity index is 848. The van der Waals surface area contributed by atoms with Crippen molar-refractivity contribution in [3.8, 4) is 0 Å². The van der Waals surface area contributed by atoms with Crippen LogP contribution in [0.3, 0.4) is 0 Å². The molecule has 130 valence electrons. The van der Waals surface area contributed by atoms with Gasteiger partial charge in [-0.05, 0) is 18.2 Å². The van der Waals surface area contributed by atoms with Crippen molar-refractivity contribution in [2.24, 2.45) is 7.05 Å². The van der Waals surface area contributed by atoms with Crippen molar-refractivity contribution >= 4 is 27.6 Å². The SMILES string of the molecule is CCN(Cc1cnn(C)c1)S(=O)(=O)c1ccc(C(=O)OC)cc1Cl. The molecule has 0 unspecified atom stereocenters. The maximum atomic E-state index is 12.8. The molecule has 0 radical (unpaired) electrons. The zero-order valence-corrected chi connectivity index (χ0v) is 15.1. The van der Waals surface area contributed by atoms with Gasteiger partial charge in [-0.1, -0.05) is 18.5 Å². The Morgan fingerprint density at radius 3 is 2.62 bits per heavy atom. The van der Waals surface area contributed by atoms with E-state index >= 15 is 0 Å². The van der Waals surface area contributed by atoms with Gasteiger partial charge in [-0.25, -0.2) is 13.2 Å². The van der Waals surface area contributed by atoms with Crippen LogP contribution >= 0.6 is 11.6 Å². The molecule has 0 saturated heterocycles. The summed E-state index contributed by atoms with van der Waals surface area (Å²) in [5.41, 5.74) is 0.960. The Kier molecular flexibility index (Phi) is 5.63. The molecule has 7 nitrogen and oxygen atoms in total. The molecule has 0 N–H and O–H groups in total. The summed E-state index contributed by atoms with van der Waals surface area (Å²) in [4.78, 5) is 11.5. The number of aryl methyl sites for hydroxylation is 1. The summed E-state index contributed by atoms with van der Waals surface area (Å²) < 4.78 is 33.2. The Labute approximate surface area is 145 Å². The Morgan fingerprint density at radius 2 is 2.12 bits per heavy atom. The van der Waals surface area contributed by atoms with E-state index in [2.05, 4.69) is 9.84 Å². The van der Waals surface area contributed by atoms with Crippen molar-refractivity contribution in [2.75, 3.05) is 13.7 Å². The number of hydrogen-bond donors (Lipinski definition) is 0. The lowest BCUT2D eigenvalue weighted by Gasteiger charge is -2.20. The average molecular weight is 372 g/mol. The number of esters is 1. The van der Waals surface area contributed by atoms with E-state index in [0.29, 0.717) is 0 Å². The van der Waals surface area contributed by atoms with Crippen molar-refractivity contribution < 1.29 is 17.9 Å². The molecule has 0 aliphatic heterocycles. The zero-order chi connectivity index (χ0) is 17.9. The van der Waals surface area contributed by atoms with Crippen LogP contribution in [0.1, 0.15) is 22.8 Å². The predicted octanol–water partition coefficient (Wildman–Crippen LogP) is 2.07. The molecule has 2 rings (SSSR count). The number of ether oxygens (including phenoxy) is 1. The summed E-state index contributed by atoms with van der Waals surface area (Å²) in [6, 6.07) is 3.98. The first kappa shape index (κ1) is 18.4. The van der Waals surface area contributed by atoms with Gasteiger partial charge in [0.25, 0.3) is 0 Å². The number of nitrogens with zero attached hydrogens (tertiary/aromatic N) is 3. The van der Waals surface area contributed by atoms with Gasteiger partial charge in [0, 0.05) is 31.9 Å². The van der Waals surface area contributed by atoms with Gasteiger partial charge in [0.1, 0.15) is 4.90 Å². The lowest BCUT2D eigenvalue weighted by Crippen LogP contribution is -2.30. The number of benzene rings is 1. The van der Waals surface area contributed by atoms with Gasteiger partial charge in [0.15, 0.2) is 0 Å². The number of carbonyl (C=O) groups excluding carboxylic acids is 1. The number of rotatable bonds is 6. The van der Waals surface area contributed by atoms with E-state index in [1.54, 1.807) is 31.0 Å². The summed E-state index contributed by atoms with van der Waals surface area (Å²) in [6.07, 6.45) is 3.36. The van der Waals surface area contributed by atoms with Crippen molar-refractivity contribution in [3.63, 3.8) is 0 Å². The van der Waals surface area contributed by atoms with Gasteiger partial charge < -0.3 is 4.74 Å². The molecule has 0 amide bonds. The fraction of sp³-hybridized carbons (Fsp3) is 0.333. The third-order valence-electron chi connectivity index (χ3n) is 3.44. The molecular weight excluding hydrogens is 354 g/mol. The second kappa shape index (κ2) is 7.33. The molecule has 0 aliphatic rings. The molecule has 0 atom stereocenters. The molecule has 0 fully saturated rings. The lowest BCUT2D eigenvalue weighted by atomic mass is 10.2. The van der Waals surface area contributed by atoms with Crippen LogP contribution in [-0.2, 0) is 28.4 Å². The summed E-state index contributed by atoms with van der Waals surface area (Å²) in [5.74, 6) is -0.580. The van der Waals surface area contributed by atoms with E-state index in [0.717, 1.165) is 5.56 Å². The normalized spacial score (nSPS) is 11.7. The summed E-state index contributed by atoms with van der Waals surface area (Å²) in [6.45, 7) is 2.19. The summed E-state index contributed by atoms with van der Waals surface area (Å²) >= 11 is 6.09. The minimum absolute atomic E-state index is 0.0254. The van der Waals surface area contributed by atoms with Crippen LogP contribution in [0.2, 0.25) is 5.02 Å². The summed E-state index contributed by atoms with van der Waals surface area (Å²) in [5, 5.41) is 4.01. The van der Waals surface area contributed by atoms with Crippen molar-refractivity contribution in [1.82, 2.24) is 14.1 Å². The van der Waals surface area contributed by atoms with Gasteiger partial charge in [-0.15, -0.1) is 0 Å². The van der Waals surface area contributed by atoms with E-state index in [9.17, 15) is 13.2 Å². The minimum Gasteiger partial charge on any atom is -0.465 e. The molecule has 0 saturated carbocycles. The standard InChI is InChI=1S/C15H18ClN3O4S/c1-4-19(10-11-8-17-18(2)9-11)24(21,22)14-6-5-12(7-13(14)16)15(20)23-3/h5-9H,4,10H2,1-3H3. The van der Waals surface area contributed by atoms with Crippen LogP contribution in [0.25, 0.3) is 0 Å². The third kappa shape index (κ3) is 3.77. The molecular formula is C15H18ClN3O4S. The molecule has 1 aromatic carbocycles. The van der Waals surface area contributed by atoms with Gasteiger partial charge in [-0.3, -0.25) is 4.68 Å². The van der Waals surface area contributed by atoms with Gasteiger partial charge in [-0.2, -0.15) is 9.40 Å². The van der Waals surface area contributed by atoms with Crippen molar-refractivity contribution in [1.29, 1.82) is 0 Å². The van der Waals surface area contributed by atoms with Gasteiger partial charge in [0.2, 0.25) is 10.0 Å². The van der Waals surface area contributed by atoms with Crippen LogP contribution in [-0.4, -0.2) is 42.1 Å². The van der Waals surface area contributed by atoms with Crippen LogP contribution in [0.5, 0.6) is 0 Å². The Balaban J connectivity index is 2.35. The number of hydrogen-bond acceptors (Lipinski definition) is 5. The highest BCUT2D eigenvalue weighted by molar-refractivity contribution is 7.89. The van der Waals surface area contributed by atoms with Crippen molar-refractivity contribution in [3.05, 3.63) is 46.7 Å². The third-order valence-corrected chi connectivity index (χ3v) is 5.84. The first-order chi connectivity index (χ1) is 11.3. The highest BCUT2D eigenvalue weighted by atomic mass is 35.5. The molecule has 2 aromatic rings. The highest BCUT2D eigenvalue weighted by Gasteiger charge is 2.26. The average Bonchev–Trinajstić information content (AvgIpc) is 2.96. The molecule has 0 aliphatic carbocycles. The predicted molar refractivity (Wildman–Crippen MR) is 89.3 cm³/mol. The van der Waals surface area contributed by atoms with Crippen LogP contribution in [0.4, 0.5) is 0 Å². The van der Waals surface area contributed by atoms with E-state index in [4.69, 9.17) is 11.6 Å². The number of carbonyl (C=O) groups is 1. The van der Waals surface area contributed by atoms with Gasteiger partial charge >= 0.3 is 5.97 Å². The maximum Gasteiger partial charge on any atom is 0.337 e. The quantitative estimate of drug-likeness (QED) is 0.726. The fourth-order valence-electron chi connectivity index (χ4n) is 2.22. The zero-order valence-electron chi connectivity index (χ0n) is 13.6. The first-order valence-electron chi connectivity index (χ1n) is 7.15. The van der Waals surface area contributed by atoms with Crippen LogP contribution in [0.15, 0.2) is 35.5 Å². The molecule has 0 bridgehead atoms. The number of methoxy groups -OCH3 is 1. The maximum absolute atomic E-state index is 12.8. The molecule has 1 aromatic heterocycles. The van der Waals surface area contributed by atoms with E-state index < -0.39 is 16.0 Å². The van der Waals surface area contributed by atoms with Gasteiger partial charge in [0.05, 0.1) is 23.9 Å². The lowest BCUT2D eigenvalue weighted by molar-refractivity contribution is 0.0600. The molecule has 1 heterocycles. The van der Waals surface area contributed by atoms with Crippen LogP contribution in [0, 0.1) is 0 Å². The largest absolute Gasteiger partial charge is 0.465 e. The first-order valence-corrected chi connectivity index (χ1v) is 8.97. The summed E-state index contributed by atoms with van der Waals surface area (Å²) in [7, 11) is -0.803. The fourth-order valence-corrected chi connectivity index (χ4v) is 4.17. The Hall–Kier alpha value is -1.90. The van der Waals surface area contributed by atoms with E-state index in [1.807, 2.05) is 0 Å². The molecule has 9 heteroatoms. The molecule has 24 heavy (non-hydrogen) atoms. The van der Waals surface area contributed by atoms with Crippen molar-refractivity contribution in [2.45, 2.75) is 18.4 Å². The van der Waals surface area contributed by atoms with Crippen LogP contribution < -0.4 is 0 Å². The smallest absolute Gasteiger partial charge is 0.337 e. The van der Waals surface area contributed by atoms with E-state index in [1.165, 1.54) is 29.6 Å². The topological polar surface area (TPSA) is 81.5 Å². The second-order valence-corrected chi connectivity index (χ2v) is 7.40. The number of sulfonamides is 1. The minimum atomic E-state index is -3.81. The number of halogens is 1. The Morgan fingerprint density at radius 1 is 1.42 bits per heavy atom. The second-order valence-electron chi connectivity index (χ2n) is 5.09. The van der Waals surface area contributed by atoms with E-state index in [-0.39, 0.29) is 28.6 Å².